The van der Waals surface area contributed by atoms with Crippen LogP contribution in [0.3, 0.4) is 0 Å². The molecule has 0 bridgehead atoms. The van der Waals surface area contributed by atoms with Crippen molar-refractivity contribution in [2.75, 3.05) is 13.8 Å². The molecule has 0 saturated carbocycles. The van der Waals surface area contributed by atoms with Gasteiger partial charge >= 0.3 is 0 Å². The molecule has 1 aromatic rings. The molecule has 27 heavy (non-hydrogen) atoms. The number of carbonyl (C=O) groups excluding carboxylic acids is 2. The van der Waals surface area contributed by atoms with E-state index in [1.165, 1.54) is 9.80 Å². The lowest BCUT2D eigenvalue weighted by Crippen LogP contribution is -2.70. The first-order chi connectivity index (χ1) is 12.6. The number of likely N-dealkylation sites (N-methyl/N-ethyl adjacent to an activating group) is 1. The monoisotopic (exact) mass is 387 g/mol. The molecule has 0 aromatic heterocycles. The van der Waals surface area contributed by atoms with Crippen molar-refractivity contribution in [3.05, 3.63) is 23.8 Å². The van der Waals surface area contributed by atoms with Gasteiger partial charge in [-0.15, -0.1) is 12.6 Å². The Morgan fingerprint density at radius 3 is 2.59 bits per heavy atom. The minimum absolute atomic E-state index is 0.0788. The fourth-order valence-corrected chi connectivity index (χ4v) is 5.05. The first kappa shape index (κ1) is 18.0. The number of fused-ring (bicyclic) bond motifs is 2. The summed E-state index contributed by atoms with van der Waals surface area (Å²) in [6.45, 7) is 5.25. The molecule has 0 N–H and O–H groups in total. The average Bonchev–Trinajstić information content (AvgIpc) is 3.20. The van der Waals surface area contributed by atoms with Crippen LogP contribution in [0.2, 0.25) is 0 Å². The summed E-state index contributed by atoms with van der Waals surface area (Å²) >= 11 is 4.67. The fourth-order valence-electron chi connectivity index (χ4n) is 4.37. The molecule has 0 radical (unpaired) electrons. The lowest BCUT2D eigenvalue weighted by atomic mass is 9.79. The zero-order chi connectivity index (χ0) is 19.8. The van der Waals surface area contributed by atoms with Gasteiger partial charge in [0.05, 0.1) is 17.5 Å². The minimum atomic E-state index is -1.39. The maximum atomic E-state index is 13.5. The first-order valence-electron chi connectivity index (χ1n) is 8.72. The van der Waals surface area contributed by atoms with Crippen LogP contribution in [0.25, 0.3) is 0 Å². The molecule has 3 aliphatic heterocycles. The van der Waals surface area contributed by atoms with E-state index < -0.39 is 21.9 Å². The lowest BCUT2D eigenvalue weighted by molar-refractivity contribution is -0.168. The van der Waals surface area contributed by atoms with E-state index in [1.54, 1.807) is 40.0 Å². The molecular formula is C19H21N3O4S. The summed E-state index contributed by atoms with van der Waals surface area (Å²) in [5.41, 5.74) is -1.40. The number of hydrogen-bond donors (Lipinski definition) is 1. The van der Waals surface area contributed by atoms with Crippen LogP contribution in [0.5, 0.6) is 11.5 Å². The first-order valence-corrected chi connectivity index (χ1v) is 9.17. The van der Waals surface area contributed by atoms with Crippen molar-refractivity contribution in [3.63, 3.8) is 0 Å². The second-order valence-electron chi connectivity index (χ2n) is 8.10. The van der Waals surface area contributed by atoms with E-state index in [9.17, 15) is 14.9 Å². The number of benzene rings is 1. The molecule has 0 spiro atoms. The van der Waals surface area contributed by atoms with Crippen LogP contribution >= 0.6 is 12.6 Å². The summed E-state index contributed by atoms with van der Waals surface area (Å²) in [7, 11) is 1.60. The van der Waals surface area contributed by atoms with Gasteiger partial charge in [0.15, 0.2) is 16.4 Å². The third kappa shape index (κ3) is 2.09. The molecule has 4 rings (SSSR count). The van der Waals surface area contributed by atoms with Crippen LogP contribution in [0.15, 0.2) is 18.2 Å². The molecule has 7 nitrogen and oxygen atoms in total. The predicted molar refractivity (Wildman–Crippen MR) is 99.1 cm³/mol. The van der Waals surface area contributed by atoms with Crippen LogP contribution < -0.4 is 9.47 Å². The van der Waals surface area contributed by atoms with Gasteiger partial charge in [-0.3, -0.25) is 9.59 Å². The third-order valence-electron chi connectivity index (χ3n) is 6.08. The van der Waals surface area contributed by atoms with Gasteiger partial charge in [-0.05, 0) is 26.8 Å². The Bertz CT molecular complexity index is 911. The van der Waals surface area contributed by atoms with Crippen LogP contribution in [-0.2, 0) is 9.59 Å². The molecule has 2 amide bonds. The van der Waals surface area contributed by atoms with Crippen LogP contribution in [0, 0.1) is 16.7 Å². The molecule has 8 heteroatoms. The van der Waals surface area contributed by atoms with Crippen LogP contribution in [-0.4, -0.2) is 45.9 Å². The Morgan fingerprint density at radius 2 is 1.93 bits per heavy atom. The normalized spacial score (nSPS) is 33.9. The number of para-hydroxylation sites is 1. The van der Waals surface area contributed by atoms with E-state index in [2.05, 4.69) is 18.7 Å². The van der Waals surface area contributed by atoms with Crippen LogP contribution in [0.1, 0.15) is 38.8 Å². The van der Waals surface area contributed by atoms with E-state index in [-0.39, 0.29) is 25.0 Å². The number of nitriles is 1. The number of carbonyl (C=O) groups is 2. The Morgan fingerprint density at radius 1 is 1.22 bits per heavy atom. The molecule has 1 aromatic carbocycles. The summed E-state index contributed by atoms with van der Waals surface area (Å²) in [5.74, 6) is 0.541. The topological polar surface area (TPSA) is 82.9 Å². The highest BCUT2D eigenvalue weighted by Crippen LogP contribution is 2.60. The van der Waals surface area contributed by atoms with E-state index in [0.29, 0.717) is 17.1 Å². The van der Waals surface area contributed by atoms with Crippen molar-refractivity contribution in [3.8, 4) is 17.6 Å². The molecule has 3 heterocycles. The number of hydrogen-bond acceptors (Lipinski definition) is 6. The zero-order valence-corrected chi connectivity index (χ0v) is 16.5. The number of rotatable bonds is 1. The van der Waals surface area contributed by atoms with Crippen LogP contribution in [0.4, 0.5) is 0 Å². The quantitative estimate of drug-likeness (QED) is 0.746. The van der Waals surface area contributed by atoms with E-state index in [4.69, 9.17) is 9.47 Å². The second kappa shape index (κ2) is 5.32. The summed E-state index contributed by atoms with van der Waals surface area (Å²) in [6, 6.07) is 7.05. The molecule has 2 fully saturated rings. The summed E-state index contributed by atoms with van der Waals surface area (Å²) in [5, 5.41) is 10.0. The Labute approximate surface area is 163 Å². The van der Waals surface area contributed by atoms with E-state index in [1.807, 2.05) is 6.07 Å². The molecule has 0 aliphatic carbocycles. The highest BCUT2D eigenvalue weighted by atomic mass is 32.1. The molecule has 3 atom stereocenters. The fraction of sp³-hybridized carbons (Fsp3) is 0.526. The van der Waals surface area contributed by atoms with Crippen molar-refractivity contribution in [1.82, 2.24) is 9.80 Å². The number of amides is 2. The van der Waals surface area contributed by atoms with E-state index in [0.717, 1.165) is 0 Å². The zero-order valence-electron chi connectivity index (χ0n) is 15.6. The Hall–Kier alpha value is -2.40. The SMILES string of the molecule is CN1C(=O)C2(S)C[C@](C)(C#N)C(c3cccc4c3OCO4)N2C(=O)C1(C)C. The van der Waals surface area contributed by atoms with Gasteiger partial charge in [0, 0.05) is 19.0 Å². The average molecular weight is 387 g/mol. The highest BCUT2D eigenvalue weighted by molar-refractivity contribution is 7.82. The summed E-state index contributed by atoms with van der Waals surface area (Å²) in [4.78, 5) is 28.2. The molecule has 2 saturated heterocycles. The standard InChI is InChI=1S/C19H21N3O4S/c1-17(2)15(23)22-14(11-6-5-7-12-13(11)26-10-25-12)18(3,9-20)8-19(22,27)16(24)21(17)4/h5-7,14,27H,8,10H2,1-4H3/t14?,18-,19?/m1/s1. The van der Waals surface area contributed by atoms with Gasteiger partial charge in [0.25, 0.3) is 5.91 Å². The van der Waals surface area contributed by atoms with Crippen molar-refractivity contribution >= 4 is 24.4 Å². The number of piperazine rings is 1. The Balaban J connectivity index is 1.96. The van der Waals surface area contributed by atoms with Gasteiger partial charge in [0.1, 0.15) is 5.54 Å². The van der Waals surface area contributed by atoms with Crippen molar-refractivity contribution in [1.29, 1.82) is 5.26 Å². The largest absolute Gasteiger partial charge is 0.454 e. The summed E-state index contributed by atoms with van der Waals surface area (Å²) in [6.07, 6.45) is 0.125. The second-order valence-corrected chi connectivity index (χ2v) is 8.84. The summed E-state index contributed by atoms with van der Waals surface area (Å²) < 4.78 is 11.1. The number of nitrogens with zero attached hydrogens (tertiary/aromatic N) is 3. The highest BCUT2D eigenvalue weighted by Gasteiger charge is 2.68. The molecule has 3 aliphatic rings. The third-order valence-corrected chi connectivity index (χ3v) is 6.64. The van der Waals surface area contributed by atoms with Gasteiger partial charge in [-0.25, -0.2) is 0 Å². The van der Waals surface area contributed by atoms with Crippen molar-refractivity contribution in [2.45, 2.75) is 43.6 Å². The van der Waals surface area contributed by atoms with E-state index >= 15 is 0 Å². The van der Waals surface area contributed by atoms with Crippen molar-refractivity contribution < 1.29 is 19.1 Å². The van der Waals surface area contributed by atoms with Gasteiger partial charge < -0.3 is 19.3 Å². The number of ether oxygens (including phenoxy) is 2. The maximum absolute atomic E-state index is 13.5. The van der Waals surface area contributed by atoms with Gasteiger partial charge in [-0.1, -0.05) is 12.1 Å². The Kier molecular flexibility index (Phi) is 3.54. The smallest absolute Gasteiger partial charge is 0.259 e. The lowest BCUT2D eigenvalue weighted by Gasteiger charge is -2.51. The molecule has 142 valence electrons. The van der Waals surface area contributed by atoms with Crippen molar-refractivity contribution in [2.24, 2.45) is 5.41 Å². The minimum Gasteiger partial charge on any atom is -0.454 e. The van der Waals surface area contributed by atoms with Gasteiger partial charge in [-0.2, -0.15) is 5.26 Å². The predicted octanol–water partition coefficient (Wildman–Crippen LogP) is 2.10. The molecule has 2 unspecified atom stereocenters. The maximum Gasteiger partial charge on any atom is 0.259 e. The number of thiol groups is 1. The van der Waals surface area contributed by atoms with Gasteiger partial charge in [0.2, 0.25) is 12.7 Å². The molecular weight excluding hydrogens is 366 g/mol.